The quantitative estimate of drug-likeness (QED) is 0.780. The minimum Gasteiger partial charge on any atom is -0.337 e. The van der Waals surface area contributed by atoms with E-state index in [-0.39, 0.29) is 5.91 Å². The largest absolute Gasteiger partial charge is 0.337 e. The summed E-state index contributed by atoms with van der Waals surface area (Å²) in [6, 6.07) is 2.36. The third-order valence-electron chi connectivity index (χ3n) is 4.16. The molecule has 5 nitrogen and oxygen atoms in total. The molecule has 3 heterocycles. The molecule has 1 amide bonds. The van der Waals surface area contributed by atoms with Gasteiger partial charge in [0.1, 0.15) is 5.69 Å². The lowest BCUT2D eigenvalue weighted by molar-refractivity contribution is 0.0625. The van der Waals surface area contributed by atoms with Gasteiger partial charge >= 0.3 is 0 Å². The lowest BCUT2D eigenvalue weighted by Gasteiger charge is -2.37. The van der Waals surface area contributed by atoms with Crippen LogP contribution in [0.5, 0.6) is 0 Å². The molecule has 2 saturated heterocycles. The van der Waals surface area contributed by atoms with Gasteiger partial charge in [-0.15, -0.1) is 0 Å². The zero-order valence-corrected chi connectivity index (χ0v) is 10.6. The molecular weight excluding hydrogens is 228 g/mol. The molecular formula is C13H20N4O. The predicted octanol–water partition coefficient (Wildman–Crippen LogP) is 1.01. The first-order chi connectivity index (χ1) is 8.84. The molecule has 1 aromatic heterocycles. The van der Waals surface area contributed by atoms with Gasteiger partial charge in [0, 0.05) is 25.3 Å². The van der Waals surface area contributed by atoms with Crippen LogP contribution < -0.4 is 5.32 Å². The maximum atomic E-state index is 12.3. The minimum absolute atomic E-state index is 0.0928. The van der Waals surface area contributed by atoms with Gasteiger partial charge in [-0.05, 0) is 37.8 Å². The number of rotatable bonds is 1. The van der Waals surface area contributed by atoms with Crippen molar-refractivity contribution in [3.05, 3.63) is 18.0 Å². The molecule has 0 aliphatic carbocycles. The van der Waals surface area contributed by atoms with E-state index in [1.165, 1.54) is 19.3 Å². The van der Waals surface area contributed by atoms with Crippen LogP contribution in [-0.2, 0) is 0 Å². The number of hydrogen-bond donors (Lipinski definition) is 2. The number of amides is 1. The number of H-pyrrole nitrogens is 1. The number of carbonyl (C=O) groups is 1. The first-order valence-corrected chi connectivity index (χ1v) is 6.86. The summed E-state index contributed by atoms with van der Waals surface area (Å²) in [5.74, 6) is 0.711. The maximum absolute atomic E-state index is 12.3. The fraction of sp³-hybridized carbons (Fsp3) is 0.692. The van der Waals surface area contributed by atoms with Crippen molar-refractivity contribution in [3.8, 4) is 0 Å². The Labute approximate surface area is 107 Å². The molecule has 2 aliphatic heterocycles. The first kappa shape index (κ1) is 11.7. The fourth-order valence-electron chi connectivity index (χ4n) is 3.14. The smallest absolute Gasteiger partial charge is 0.271 e. The molecule has 0 bridgehead atoms. The Morgan fingerprint density at radius 3 is 3.17 bits per heavy atom. The van der Waals surface area contributed by atoms with Gasteiger partial charge in [-0.25, -0.2) is 0 Å². The van der Waals surface area contributed by atoms with Crippen molar-refractivity contribution in [2.45, 2.75) is 31.7 Å². The summed E-state index contributed by atoms with van der Waals surface area (Å²) in [5.41, 5.74) is 0.607. The number of aromatic amines is 1. The zero-order valence-electron chi connectivity index (χ0n) is 10.6. The topological polar surface area (TPSA) is 61.0 Å². The Hall–Kier alpha value is -1.36. The van der Waals surface area contributed by atoms with Crippen molar-refractivity contribution in [2.75, 3.05) is 19.6 Å². The third-order valence-corrected chi connectivity index (χ3v) is 4.16. The van der Waals surface area contributed by atoms with Gasteiger partial charge in [-0.1, -0.05) is 6.42 Å². The van der Waals surface area contributed by atoms with E-state index >= 15 is 0 Å². The number of likely N-dealkylation sites (tertiary alicyclic amines) is 1. The van der Waals surface area contributed by atoms with Crippen LogP contribution in [0.3, 0.4) is 0 Å². The molecule has 2 aliphatic rings. The second-order valence-corrected chi connectivity index (χ2v) is 5.33. The van der Waals surface area contributed by atoms with Crippen LogP contribution in [0.25, 0.3) is 0 Å². The Kier molecular flexibility index (Phi) is 3.32. The van der Waals surface area contributed by atoms with Crippen LogP contribution in [0.4, 0.5) is 0 Å². The molecule has 2 atom stereocenters. The second kappa shape index (κ2) is 5.10. The molecule has 18 heavy (non-hydrogen) atoms. The maximum Gasteiger partial charge on any atom is 0.271 e. The summed E-state index contributed by atoms with van der Waals surface area (Å²) in [5, 5.41) is 10.2. The van der Waals surface area contributed by atoms with E-state index in [9.17, 15) is 4.79 Å². The lowest BCUT2D eigenvalue weighted by Crippen LogP contribution is -2.50. The molecule has 98 valence electrons. The predicted molar refractivity (Wildman–Crippen MR) is 68.2 cm³/mol. The van der Waals surface area contributed by atoms with Crippen molar-refractivity contribution in [2.24, 2.45) is 5.92 Å². The number of fused-ring (bicyclic) bond motifs is 1. The van der Waals surface area contributed by atoms with Crippen LogP contribution in [-0.4, -0.2) is 46.7 Å². The van der Waals surface area contributed by atoms with Gasteiger partial charge in [0.2, 0.25) is 0 Å². The lowest BCUT2D eigenvalue weighted by atomic mass is 9.89. The molecule has 2 fully saturated rings. The molecule has 0 radical (unpaired) electrons. The van der Waals surface area contributed by atoms with E-state index in [0.717, 1.165) is 26.1 Å². The Balaban J connectivity index is 1.67. The highest BCUT2D eigenvalue weighted by atomic mass is 16.2. The van der Waals surface area contributed by atoms with Crippen LogP contribution in [0.2, 0.25) is 0 Å². The van der Waals surface area contributed by atoms with E-state index in [1.807, 2.05) is 4.90 Å². The summed E-state index contributed by atoms with van der Waals surface area (Å²) in [6.45, 7) is 2.87. The molecule has 0 aromatic carbocycles. The SMILES string of the molecule is O=C(c1ccn[nH]1)N1CC[C@H]2NCCCC[C@@H]2C1. The van der Waals surface area contributed by atoms with Crippen LogP contribution >= 0.6 is 0 Å². The average Bonchev–Trinajstić information content (AvgIpc) is 2.83. The number of aromatic nitrogens is 2. The number of carbonyl (C=O) groups excluding carboxylic acids is 1. The van der Waals surface area contributed by atoms with E-state index in [1.54, 1.807) is 12.3 Å². The molecule has 2 N–H and O–H groups in total. The first-order valence-electron chi connectivity index (χ1n) is 6.86. The standard InChI is InChI=1S/C13H20N4O/c18-13(12-4-7-15-16-12)17-8-5-11-10(9-17)3-1-2-6-14-11/h4,7,10-11,14H,1-3,5-6,8-9H2,(H,15,16)/t10-,11-/m1/s1. The molecule has 3 rings (SSSR count). The molecule has 1 aromatic rings. The van der Waals surface area contributed by atoms with Gasteiger partial charge in [0.05, 0.1) is 0 Å². The van der Waals surface area contributed by atoms with Gasteiger partial charge in [-0.3, -0.25) is 9.89 Å². The van der Waals surface area contributed by atoms with Crippen LogP contribution in [0, 0.1) is 5.92 Å². The number of nitrogens with zero attached hydrogens (tertiary/aromatic N) is 2. The number of nitrogens with one attached hydrogen (secondary N) is 2. The normalized spacial score (nSPS) is 28.6. The highest BCUT2D eigenvalue weighted by Gasteiger charge is 2.32. The van der Waals surface area contributed by atoms with Gasteiger partial charge in [0.15, 0.2) is 0 Å². The Morgan fingerprint density at radius 2 is 2.33 bits per heavy atom. The zero-order chi connectivity index (χ0) is 12.4. The molecule has 0 saturated carbocycles. The van der Waals surface area contributed by atoms with Crippen molar-refractivity contribution < 1.29 is 4.79 Å². The molecule has 0 unspecified atom stereocenters. The van der Waals surface area contributed by atoms with Gasteiger partial charge in [-0.2, -0.15) is 5.10 Å². The van der Waals surface area contributed by atoms with Crippen molar-refractivity contribution >= 4 is 5.91 Å². The number of piperidine rings is 1. The van der Waals surface area contributed by atoms with Crippen LogP contribution in [0.15, 0.2) is 12.3 Å². The van der Waals surface area contributed by atoms with Crippen molar-refractivity contribution in [3.63, 3.8) is 0 Å². The Morgan fingerprint density at radius 1 is 1.39 bits per heavy atom. The van der Waals surface area contributed by atoms with Gasteiger partial charge in [0.25, 0.3) is 5.91 Å². The van der Waals surface area contributed by atoms with E-state index in [0.29, 0.717) is 17.7 Å². The highest BCUT2D eigenvalue weighted by molar-refractivity contribution is 5.92. The highest BCUT2D eigenvalue weighted by Crippen LogP contribution is 2.25. The number of hydrogen-bond acceptors (Lipinski definition) is 3. The van der Waals surface area contributed by atoms with E-state index < -0.39 is 0 Å². The summed E-state index contributed by atoms with van der Waals surface area (Å²) in [7, 11) is 0. The molecule has 5 heteroatoms. The van der Waals surface area contributed by atoms with Crippen molar-refractivity contribution in [1.29, 1.82) is 0 Å². The fourth-order valence-corrected chi connectivity index (χ4v) is 3.14. The second-order valence-electron chi connectivity index (χ2n) is 5.33. The summed E-state index contributed by atoms with van der Waals surface area (Å²) >= 11 is 0. The average molecular weight is 248 g/mol. The van der Waals surface area contributed by atoms with Gasteiger partial charge < -0.3 is 10.2 Å². The van der Waals surface area contributed by atoms with Crippen LogP contribution in [0.1, 0.15) is 36.2 Å². The molecule has 0 spiro atoms. The Bertz CT molecular complexity index is 403. The summed E-state index contributed by atoms with van der Waals surface area (Å²) in [4.78, 5) is 14.2. The van der Waals surface area contributed by atoms with E-state index in [4.69, 9.17) is 0 Å². The van der Waals surface area contributed by atoms with E-state index in [2.05, 4.69) is 15.5 Å². The summed E-state index contributed by atoms with van der Waals surface area (Å²) < 4.78 is 0. The summed E-state index contributed by atoms with van der Waals surface area (Å²) in [6.07, 6.45) is 6.49. The monoisotopic (exact) mass is 248 g/mol. The van der Waals surface area contributed by atoms with Crippen molar-refractivity contribution in [1.82, 2.24) is 20.4 Å². The third kappa shape index (κ3) is 2.27. The minimum atomic E-state index is 0.0928.